The van der Waals surface area contributed by atoms with E-state index in [9.17, 15) is 14.4 Å². The van der Waals surface area contributed by atoms with Gasteiger partial charge in [0.05, 0.1) is 32.2 Å². The summed E-state index contributed by atoms with van der Waals surface area (Å²) in [7, 11) is 1.53. The first-order valence-corrected chi connectivity index (χ1v) is 7.04. The number of ether oxygens (including phenoxy) is 1. The van der Waals surface area contributed by atoms with Crippen LogP contribution in [-0.4, -0.2) is 57.6 Å². The zero-order valence-corrected chi connectivity index (χ0v) is 12.2. The summed E-state index contributed by atoms with van der Waals surface area (Å²) in [4.78, 5) is 35.4. The molecule has 0 spiro atoms. The van der Waals surface area contributed by atoms with E-state index in [1.807, 2.05) is 0 Å². The van der Waals surface area contributed by atoms with E-state index in [1.165, 1.54) is 7.05 Å². The van der Waals surface area contributed by atoms with Gasteiger partial charge in [0.25, 0.3) is 5.91 Å². The van der Waals surface area contributed by atoms with Gasteiger partial charge in [-0.05, 0) is 6.92 Å². The van der Waals surface area contributed by atoms with Crippen LogP contribution in [0.2, 0.25) is 0 Å². The van der Waals surface area contributed by atoms with E-state index in [1.54, 1.807) is 6.92 Å². The Bertz CT molecular complexity index is 352. The number of rotatable bonds is 6. The minimum atomic E-state index is -0.214. The third-order valence-electron chi connectivity index (χ3n) is 3.45. The van der Waals surface area contributed by atoms with Crippen LogP contribution in [0, 0.1) is 5.92 Å². The third-order valence-corrected chi connectivity index (χ3v) is 3.45. The Morgan fingerprint density at radius 3 is 2.40 bits per heavy atom. The van der Waals surface area contributed by atoms with Crippen LogP contribution in [0.15, 0.2) is 0 Å². The van der Waals surface area contributed by atoms with Gasteiger partial charge in [-0.3, -0.25) is 14.4 Å². The number of esters is 1. The molecule has 7 heteroatoms. The fourth-order valence-electron chi connectivity index (χ4n) is 2.26. The van der Waals surface area contributed by atoms with Gasteiger partial charge in [0.1, 0.15) is 0 Å². The average molecular weight is 286 g/mol. The van der Waals surface area contributed by atoms with Gasteiger partial charge in [0, 0.05) is 19.9 Å². The Morgan fingerprint density at radius 1 is 1.20 bits per heavy atom. The maximum atomic E-state index is 11.6. The fourth-order valence-corrected chi connectivity index (χ4v) is 2.26. The smallest absolute Gasteiger partial charge is 0.309 e. The summed E-state index contributed by atoms with van der Waals surface area (Å²) in [5.41, 5.74) is 0. The standard InChI is InChI=1S/C13H23N3O4/c1-3-20-13(19)10-4-6-16(7-5-10)9-12(18)15-8-11(17)14-2/h10H,3-9H2,1-2H3,(H,14,17)(H,15,18)/p+1. The lowest BCUT2D eigenvalue weighted by Gasteiger charge is -2.27. The van der Waals surface area contributed by atoms with Crippen LogP contribution < -0.4 is 15.5 Å². The van der Waals surface area contributed by atoms with Crippen LogP contribution in [0.3, 0.4) is 0 Å². The Kier molecular flexibility index (Phi) is 7.00. The molecule has 0 aliphatic carbocycles. The largest absolute Gasteiger partial charge is 0.466 e. The first kappa shape index (κ1) is 16.4. The van der Waals surface area contributed by atoms with Gasteiger partial charge < -0.3 is 20.3 Å². The molecule has 1 fully saturated rings. The van der Waals surface area contributed by atoms with Crippen LogP contribution in [0.5, 0.6) is 0 Å². The van der Waals surface area contributed by atoms with Gasteiger partial charge >= 0.3 is 5.97 Å². The molecule has 0 saturated carbocycles. The molecule has 1 aliphatic rings. The Hall–Kier alpha value is -1.63. The van der Waals surface area contributed by atoms with E-state index in [4.69, 9.17) is 4.74 Å². The van der Waals surface area contributed by atoms with Gasteiger partial charge in [-0.2, -0.15) is 0 Å². The number of quaternary nitrogens is 1. The molecule has 0 aromatic rings. The molecule has 0 bridgehead atoms. The number of amides is 2. The predicted molar refractivity (Wildman–Crippen MR) is 72.0 cm³/mol. The number of hydrogen-bond acceptors (Lipinski definition) is 4. The number of nitrogens with one attached hydrogen (secondary N) is 3. The highest BCUT2D eigenvalue weighted by molar-refractivity contribution is 5.84. The zero-order valence-electron chi connectivity index (χ0n) is 12.2. The Balaban J connectivity index is 2.23. The summed E-state index contributed by atoms with van der Waals surface area (Å²) in [6.07, 6.45) is 1.49. The van der Waals surface area contributed by atoms with Crippen LogP contribution in [-0.2, 0) is 19.1 Å². The molecule has 0 unspecified atom stereocenters. The second-order valence-electron chi connectivity index (χ2n) is 4.90. The van der Waals surface area contributed by atoms with Crippen molar-refractivity contribution in [1.29, 1.82) is 0 Å². The van der Waals surface area contributed by atoms with Crippen LogP contribution in [0.4, 0.5) is 0 Å². The van der Waals surface area contributed by atoms with Crippen molar-refractivity contribution in [3.63, 3.8) is 0 Å². The molecular weight excluding hydrogens is 262 g/mol. The summed E-state index contributed by atoms with van der Waals surface area (Å²) in [5, 5.41) is 5.01. The molecule has 1 heterocycles. The zero-order chi connectivity index (χ0) is 15.0. The van der Waals surface area contributed by atoms with Gasteiger partial charge in [0.2, 0.25) is 5.91 Å². The van der Waals surface area contributed by atoms with E-state index in [2.05, 4.69) is 10.6 Å². The molecule has 1 aliphatic heterocycles. The lowest BCUT2D eigenvalue weighted by atomic mass is 9.97. The molecule has 0 aromatic heterocycles. The first-order chi connectivity index (χ1) is 9.56. The molecule has 20 heavy (non-hydrogen) atoms. The maximum absolute atomic E-state index is 11.6. The molecule has 2 amide bonds. The van der Waals surface area contributed by atoms with Crippen molar-refractivity contribution in [2.24, 2.45) is 5.92 Å². The summed E-state index contributed by atoms with van der Waals surface area (Å²) in [5.74, 6) is -0.518. The summed E-state index contributed by atoms with van der Waals surface area (Å²) in [6.45, 7) is 4.11. The summed E-state index contributed by atoms with van der Waals surface area (Å²) >= 11 is 0. The van der Waals surface area contributed by atoms with Gasteiger partial charge in [-0.1, -0.05) is 0 Å². The van der Waals surface area contributed by atoms with E-state index in [0.717, 1.165) is 30.8 Å². The Morgan fingerprint density at radius 2 is 1.85 bits per heavy atom. The normalized spacial score (nSPS) is 21.9. The van der Waals surface area contributed by atoms with E-state index >= 15 is 0 Å². The molecule has 1 saturated heterocycles. The minimum absolute atomic E-state index is 0.00800. The fraction of sp³-hybridized carbons (Fsp3) is 0.769. The van der Waals surface area contributed by atoms with Crippen molar-refractivity contribution < 1.29 is 24.0 Å². The van der Waals surface area contributed by atoms with Crippen LogP contribution in [0.25, 0.3) is 0 Å². The topological polar surface area (TPSA) is 88.9 Å². The van der Waals surface area contributed by atoms with Crippen molar-refractivity contribution in [1.82, 2.24) is 10.6 Å². The van der Waals surface area contributed by atoms with Crippen molar-refractivity contribution in [3.05, 3.63) is 0 Å². The van der Waals surface area contributed by atoms with Gasteiger partial charge in [-0.25, -0.2) is 0 Å². The number of carbonyl (C=O) groups is 3. The summed E-state index contributed by atoms with van der Waals surface area (Å²) in [6, 6.07) is 0. The lowest BCUT2D eigenvalue weighted by molar-refractivity contribution is -0.897. The average Bonchev–Trinajstić information content (AvgIpc) is 2.45. The molecule has 7 nitrogen and oxygen atoms in total. The van der Waals surface area contributed by atoms with Crippen molar-refractivity contribution >= 4 is 17.8 Å². The van der Waals surface area contributed by atoms with E-state index in [0.29, 0.717) is 13.2 Å². The molecule has 3 N–H and O–H groups in total. The van der Waals surface area contributed by atoms with Crippen molar-refractivity contribution in [2.75, 3.05) is 39.8 Å². The number of piperidine rings is 1. The predicted octanol–water partition coefficient (Wildman–Crippen LogP) is -2.29. The third kappa shape index (κ3) is 5.56. The second kappa shape index (κ2) is 8.52. The van der Waals surface area contributed by atoms with Crippen molar-refractivity contribution in [3.8, 4) is 0 Å². The van der Waals surface area contributed by atoms with Crippen LogP contribution in [0.1, 0.15) is 19.8 Å². The van der Waals surface area contributed by atoms with Gasteiger partial charge in [-0.15, -0.1) is 0 Å². The lowest BCUT2D eigenvalue weighted by Crippen LogP contribution is -3.14. The molecule has 0 aromatic carbocycles. The molecule has 114 valence electrons. The maximum Gasteiger partial charge on any atom is 0.309 e. The molecule has 1 rings (SSSR count). The van der Waals surface area contributed by atoms with Crippen molar-refractivity contribution in [2.45, 2.75) is 19.8 Å². The molecule has 0 atom stereocenters. The first-order valence-electron chi connectivity index (χ1n) is 7.04. The quantitative estimate of drug-likeness (QED) is 0.479. The highest BCUT2D eigenvalue weighted by atomic mass is 16.5. The second-order valence-corrected chi connectivity index (χ2v) is 4.90. The van der Waals surface area contributed by atoms with Gasteiger partial charge in [0.15, 0.2) is 6.54 Å². The van der Waals surface area contributed by atoms with Crippen LogP contribution >= 0.6 is 0 Å². The van der Waals surface area contributed by atoms with E-state index in [-0.39, 0.29) is 30.2 Å². The SMILES string of the molecule is CCOC(=O)C1CC[NH+](CC(=O)NCC(=O)NC)CC1. The molecule has 0 radical (unpaired) electrons. The number of likely N-dealkylation sites (N-methyl/N-ethyl adjacent to an activating group) is 1. The number of hydrogen-bond donors (Lipinski definition) is 3. The number of likely N-dealkylation sites (tertiary alicyclic amines) is 1. The highest BCUT2D eigenvalue weighted by Gasteiger charge is 2.29. The summed E-state index contributed by atoms with van der Waals surface area (Å²) < 4.78 is 5.00. The van der Waals surface area contributed by atoms with E-state index < -0.39 is 0 Å². The molecular formula is C13H24N3O4+. The monoisotopic (exact) mass is 286 g/mol. The highest BCUT2D eigenvalue weighted by Crippen LogP contribution is 2.11. The Labute approximate surface area is 119 Å². The minimum Gasteiger partial charge on any atom is -0.466 e. The number of carbonyl (C=O) groups excluding carboxylic acids is 3.